The highest BCUT2D eigenvalue weighted by atomic mass is 16.4. The molecule has 0 spiro atoms. The van der Waals surface area contributed by atoms with Gasteiger partial charge in [0.15, 0.2) is 0 Å². The molecule has 0 aromatic carbocycles. The van der Waals surface area contributed by atoms with Crippen LogP contribution in [0.25, 0.3) is 0 Å². The molecular formula is C18H33N3O3. The predicted molar refractivity (Wildman–Crippen MR) is 93.9 cm³/mol. The van der Waals surface area contributed by atoms with Crippen molar-refractivity contribution in [2.75, 3.05) is 32.7 Å². The van der Waals surface area contributed by atoms with Crippen LogP contribution in [0.2, 0.25) is 0 Å². The number of rotatable bonds is 4. The van der Waals surface area contributed by atoms with Crippen LogP contribution in [0.1, 0.15) is 47.0 Å². The van der Waals surface area contributed by atoms with E-state index in [1.165, 1.54) is 12.8 Å². The third kappa shape index (κ3) is 4.85. The van der Waals surface area contributed by atoms with E-state index in [1.807, 2.05) is 6.92 Å². The van der Waals surface area contributed by atoms with Gasteiger partial charge in [-0.05, 0) is 51.5 Å². The number of nitrogens with zero attached hydrogens (tertiary/aromatic N) is 2. The van der Waals surface area contributed by atoms with Crippen LogP contribution < -0.4 is 5.32 Å². The number of carboxylic acid groups (broad SMARTS) is 1. The topological polar surface area (TPSA) is 72.9 Å². The molecule has 2 aliphatic rings. The number of carbonyl (C=O) groups excluding carboxylic acids is 1. The van der Waals surface area contributed by atoms with Crippen molar-refractivity contribution in [1.82, 2.24) is 15.1 Å². The molecule has 0 saturated carbocycles. The van der Waals surface area contributed by atoms with Gasteiger partial charge in [0.05, 0.1) is 5.92 Å². The standard InChI is InChI=1S/C18H33N3O3/c1-13-6-5-7-21(10-13)18(3,4)12-19-17(24)20-9-14(2)8-15(11-20)16(22)23/h13-15H,5-12H2,1-4H3,(H,19,24)(H,22,23). The Morgan fingerprint density at radius 3 is 2.50 bits per heavy atom. The van der Waals surface area contributed by atoms with Gasteiger partial charge in [0.25, 0.3) is 0 Å². The van der Waals surface area contributed by atoms with Gasteiger partial charge in [0.1, 0.15) is 0 Å². The minimum Gasteiger partial charge on any atom is -0.481 e. The van der Waals surface area contributed by atoms with E-state index in [2.05, 4.69) is 31.0 Å². The molecule has 0 radical (unpaired) electrons. The Hall–Kier alpha value is -1.30. The number of hydrogen-bond acceptors (Lipinski definition) is 3. The molecule has 0 aliphatic carbocycles. The summed E-state index contributed by atoms with van der Waals surface area (Å²) in [6, 6.07) is -0.133. The van der Waals surface area contributed by atoms with Crippen molar-refractivity contribution >= 4 is 12.0 Å². The van der Waals surface area contributed by atoms with Crippen LogP contribution in [0.3, 0.4) is 0 Å². The lowest BCUT2D eigenvalue weighted by Gasteiger charge is -2.43. The zero-order valence-corrected chi connectivity index (χ0v) is 15.5. The first-order valence-corrected chi connectivity index (χ1v) is 9.19. The first kappa shape index (κ1) is 19.0. The molecule has 0 aromatic heterocycles. The second kappa shape index (κ2) is 7.72. The quantitative estimate of drug-likeness (QED) is 0.824. The van der Waals surface area contributed by atoms with E-state index < -0.39 is 11.9 Å². The number of amides is 2. The fourth-order valence-corrected chi connectivity index (χ4v) is 3.95. The van der Waals surface area contributed by atoms with E-state index >= 15 is 0 Å². The van der Waals surface area contributed by atoms with E-state index in [9.17, 15) is 14.7 Å². The van der Waals surface area contributed by atoms with Crippen LogP contribution in [-0.2, 0) is 4.79 Å². The largest absolute Gasteiger partial charge is 0.481 e. The summed E-state index contributed by atoms with van der Waals surface area (Å²) in [5.74, 6) is -0.327. The molecule has 3 unspecified atom stereocenters. The number of carbonyl (C=O) groups is 2. The van der Waals surface area contributed by atoms with Crippen molar-refractivity contribution in [1.29, 1.82) is 0 Å². The molecular weight excluding hydrogens is 306 g/mol. The molecule has 0 aromatic rings. The van der Waals surface area contributed by atoms with Crippen LogP contribution in [0.4, 0.5) is 4.79 Å². The average molecular weight is 339 g/mol. The van der Waals surface area contributed by atoms with Crippen molar-refractivity contribution in [3.8, 4) is 0 Å². The zero-order valence-electron chi connectivity index (χ0n) is 15.5. The van der Waals surface area contributed by atoms with Gasteiger partial charge in [0.2, 0.25) is 0 Å². The molecule has 2 amide bonds. The van der Waals surface area contributed by atoms with Crippen molar-refractivity contribution in [3.05, 3.63) is 0 Å². The van der Waals surface area contributed by atoms with Crippen molar-refractivity contribution < 1.29 is 14.7 Å². The summed E-state index contributed by atoms with van der Waals surface area (Å²) < 4.78 is 0. The van der Waals surface area contributed by atoms with Gasteiger partial charge >= 0.3 is 12.0 Å². The van der Waals surface area contributed by atoms with Gasteiger partial charge in [0, 0.05) is 31.7 Å². The van der Waals surface area contributed by atoms with Crippen molar-refractivity contribution in [2.45, 2.75) is 52.5 Å². The molecule has 2 rings (SSSR count). The Labute approximate surface area is 145 Å². The first-order valence-electron chi connectivity index (χ1n) is 9.19. The Kier molecular flexibility index (Phi) is 6.12. The van der Waals surface area contributed by atoms with Gasteiger partial charge in [-0.2, -0.15) is 0 Å². The molecule has 2 N–H and O–H groups in total. The van der Waals surface area contributed by atoms with Crippen LogP contribution in [0.5, 0.6) is 0 Å². The normalized spacial score (nSPS) is 29.3. The van der Waals surface area contributed by atoms with E-state index in [-0.39, 0.29) is 17.5 Å². The fourth-order valence-electron chi connectivity index (χ4n) is 3.95. The fraction of sp³-hybridized carbons (Fsp3) is 0.889. The highest BCUT2D eigenvalue weighted by Gasteiger charge is 2.34. The highest BCUT2D eigenvalue weighted by molar-refractivity contribution is 5.76. The van der Waals surface area contributed by atoms with E-state index in [1.54, 1.807) is 4.90 Å². The predicted octanol–water partition coefficient (Wildman–Crippen LogP) is 2.25. The first-order chi connectivity index (χ1) is 11.2. The molecule has 138 valence electrons. The Balaban J connectivity index is 1.88. The summed E-state index contributed by atoms with van der Waals surface area (Å²) in [7, 11) is 0. The van der Waals surface area contributed by atoms with Crippen LogP contribution in [0, 0.1) is 17.8 Å². The minimum atomic E-state index is -0.804. The summed E-state index contributed by atoms with van der Waals surface area (Å²) in [5, 5.41) is 12.3. The Morgan fingerprint density at radius 1 is 1.17 bits per heavy atom. The van der Waals surface area contributed by atoms with Gasteiger partial charge in [-0.1, -0.05) is 13.8 Å². The lowest BCUT2D eigenvalue weighted by molar-refractivity contribution is -0.143. The number of likely N-dealkylation sites (tertiary alicyclic amines) is 2. The number of aliphatic carboxylic acids is 1. The van der Waals surface area contributed by atoms with E-state index in [4.69, 9.17) is 0 Å². The lowest BCUT2D eigenvalue weighted by atomic mass is 9.90. The van der Waals surface area contributed by atoms with Crippen LogP contribution in [-0.4, -0.2) is 65.2 Å². The summed E-state index contributed by atoms with van der Waals surface area (Å²) in [6.45, 7) is 12.3. The Morgan fingerprint density at radius 2 is 1.88 bits per heavy atom. The van der Waals surface area contributed by atoms with Gasteiger partial charge < -0.3 is 15.3 Å². The van der Waals surface area contributed by atoms with E-state index in [0.717, 1.165) is 13.1 Å². The lowest BCUT2D eigenvalue weighted by Crippen LogP contribution is -2.57. The maximum atomic E-state index is 12.5. The second-order valence-corrected chi connectivity index (χ2v) is 8.45. The molecule has 2 heterocycles. The molecule has 24 heavy (non-hydrogen) atoms. The highest BCUT2D eigenvalue weighted by Crippen LogP contribution is 2.24. The van der Waals surface area contributed by atoms with Crippen molar-refractivity contribution in [3.63, 3.8) is 0 Å². The van der Waals surface area contributed by atoms with Crippen LogP contribution >= 0.6 is 0 Å². The molecule has 3 atom stereocenters. The number of urea groups is 1. The SMILES string of the molecule is CC1CC(C(=O)O)CN(C(=O)NCC(C)(C)N2CCCC(C)C2)C1. The monoisotopic (exact) mass is 339 g/mol. The number of hydrogen-bond donors (Lipinski definition) is 2. The third-order valence-electron chi connectivity index (χ3n) is 5.48. The summed E-state index contributed by atoms with van der Waals surface area (Å²) in [6.07, 6.45) is 3.14. The molecule has 2 aliphatic heterocycles. The second-order valence-electron chi connectivity index (χ2n) is 8.45. The third-order valence-corrected chi connectivity index (χ3v) is 5.48. The summed E-state index contributed by atoms with van der Waals surface area (Å²) in [5.41, 5.74) is -0.0854. The van der Waals surface area contributed by atoms with Gasteiger partial charge in [-0.3, -0.25) is 9.69 Å². The number of piperidine rings is 2. The molecule has 0 bridgehead atoms. The number of nitrogens with one attached hydrogen (secondary N) is 1. The maximum absolute atomic E-state index is 12.5. The summed E-state index contributed by atoms with van der Waals surface area (Å²) >= 11 is 0. The van der Waals surface area contributed by atoms with Crippen molar-refractivity contribution in [2.24, 2.45) is 17.8 Å². The van der Waals surface area contributed by atoms with Gasteiger partial charge in [-0.25, -0.2) is 4.79 Å². The van der Waals surface area contributed by atoms with Gasteiger partial charge in [-0.15, -0.1) is 0 Å². The molecule has 6 nitrogen and oxygen atoms in total. The van der Waals surface area contributed by atoms with E-state index in [0.29, 0.717) is 32.0 Å². The molecule has 2 fully saturated rings. The molecule has 2 saturated heterocycles. The maximum Gasteiger partial charge on any atom is 0.317 e. The zero-order chi connectivity index (χ0) is 17.9. The molecule has 6 heteroatoms. The minimum absolute atomic E-state index is 0.0854. The summed E-state index contributed by atoms with van der Waals surface area (Å²) in [4.78, 5) is 27.9. The van der Waals surface area contributed by atoms with Crippen LogP contribution in [0.15, 0.2) is 0 Å². The smallest absolute Gasteiger partial charge is 0.317 e. The Bertz CT molecular complexity index is 466. The number of carboxylic acids is 1. The average Bonchev–Trinajstić information content (AvgIpc) is 2.52.